The predicted molar refractivity (Wildman–Crippen MR) is 202 cm³/mol. The highest BCUT2D eigenvalue weighted by Gasteiger charge is 2.22. The first-order valence-electron chi connectivity index (χ1n) is 19.8. The van der Waals surface area contributed by atoms with E-state index in [0.717, 1.165) is 70.6 Å². The van der Waals surface area contributed by atoms with Gasteiger partial charge in [-0.05, 0) is 44.9 Å². The fourth-order valence-electron chi connectivity index (χ4n) is 5.51. The van der Waals surface area contributed by atoms with E-state index in [1.54, 1.807) is 0 Å². The van der Waals surface area contributed by atoms with Crippen LogP contribution in [-0.2, 0) is 28.2 Å². The Hall–Kier alpha value is -1.73. The molecular formula is C40H73O8P. The Morgan fingerprint density at radius 1 is 0.551 bits per heavy atom. The summed E-state index contributed by atoms with van der Waals surface area (Å²) in [6.45, 7) is 3.56. The van der Waals surface area contributed by atoms with E-state index in [1.165, 1.54) is 83.5 Å². The highest BCUT2D eigenvalue weighted by Crippen LogP contribution is 2.36. The van der Waals surface area contributed by atoms with Crippen LogP contribution in [0.3, 0.4) is 0 Å². The van der Waals surface area contributed by atoms with Crippen molar-refractivity contribution in [1.29, 1.82) is 0 Å². The molecule has 0 aromatic carbocycles. The van der Waals surface area contributed by atoms with Gasteiger partial charge in [0.1, 0.15) is 6.61 Å². The third-order valence-electron chi connectivity index (χ3n) is 8.42. The number of allylic oxidation sites excluding steroid dienone is 6. The highest BCUT2D eigenvalue weighted by molar-refractivity contribution is 7.46. The number of carbonyl (C=O) groups excluding carboxylic acids is 2. The molecule has 0 aromatic heterocycles. The summed E-state index contributed by atoms with van der Waals surface area (Å²) in [5, 5.41) is 0. The van der Waals surface area contributed by atoms with Crippen molar-refractivity contribution >= 4 is 19.8 Å². The maximum absolute atomic E-state index is 12.4. The summed E-state index contributed by atoms with van der Waals surface area (Å²) in [5.74, 6) is -0.900. The fourth-order valence-corrected chi connectivity index (χ4v) is 5.87. The molecule has 1 atom stereocenters. The van der Waals surface area contributed by atoms with Crippen LogP contribution in [0.15, 0.2) is 36.5 Å². The smallest absolute Gasteiger partial charge is 0.462 e. The van der Waals surface area contributed by atoms with Gasteiger partial charge in [-0.1, -0.05) is 166 Å². The number of hydrogen-bond acceptors (Lipinski definition) is 6. The molecule has 0 saturated heterocycles. The molecule has 0 rings (SSSR count). The first kappa shape index (κ1) is 47.3. The monoisotopic (exact) mass is 713 g/mol. The second kappa shape index (κ2) is 36.1. The number of phosphoric ester groups is 1. The number of phosphoric acid groups is 1. The van der Waals surface area contributed by atoms with E-state index in [1.807, 2.05) is 0 Å². The molecular weight excluding hydrogens is 639 g/mol. The molecule has 0 unspecified atom stereocenters. The number of ether oxygens (including phenoxy) is 2. The van der Waals surface area contributed by atoms with Gasteiger partial charge in [0.25, 0.3) is 0 Å². The summed E-state index contributed by atoms with van der Waals surface area (Å²) in [4.78, 5) is 42.7. The number of unbranched alkanes of at least 4 members (excludes halogenated alkanes) is 20. The molecule has 9 heteroatoms. The van der Waals surface area contributed by atoms with E-state index in [9.17, 15) is 14.2 Å². The van der Waals surface area contributed by atoms with Crippen molar-refractivity contribution in [2.75, 3.05) is 13.2 Å². The maximum Gasteiger partial charge on any atom is 0.469 e. The van der Waals surface area contributed by atoms with Gasteiger partial charge in [0, 0.05) is 12.8 Å². The van der Waals surface area contributed by atoms with Crippen molar-refractivity contribution < 1.29 is 37.9 Å². The topological polar surface area (TPSA) is 119 Å². The van der Waals surface area contributed by atoms with Gasteiger partial charge in [0.15, 0.2) is 6.10 Å². The van der Waals surface area contributed by atoms with Crippen LogP contribution in [0.5, 0.6) is 0 Å². The van der Waals surface area contributed by atoms with E-state index in [4.69, 9.17) is 19.3 Å². The molecule has 2 N–H and O–H groups in total. The van der Waals surface area contributed by atoms with Gasteiger partial charge in [-0.3, -0.25) is 14.1 Å². The lowest BCUT2D eigenvalue weighted by molar-refractivity contribution is -0.161. The average molecular weight is 713 g/mol. The van der Waals surface area contributed by atoms with Crippen molar-refractivity contribution in [3.63, 3.8) is 0 Å². The molecule has 0 amide bonds. The van der Waals surface area contributed by atoms with Crippen LogP contribution in [-0.4, -0.2) is 41.0 Å². The molecule has 0 fully saturated rings. The predicted octanol–water partition coefficient (Wildman–Crippen LogP) is 11.8. The Morgan fingerprint density at radius 3 is 1.47 bits per heavy atom. The van der Waals surface area contributed by atoms with E-state index in [-0.39, 0.29) is 19.4 Å². The maximum atomic E-state index is 12.4. The molecule has 0 radical (unpaired) electrons. The van der Waals surface area contributed by atoms with Gasteiger partial charge < -0.3 is 19.3 Å². The van der Waals surface area contributed by atoms with Crippen molar-refractivity contribution in [3.8, 4) is 0 Å². The fraction of sp³-hybridized carbons (Fsp3) is 0.800. The molecule has 286 valence electrons. The Kier molecular flexibility index (Phi) is 34.8. The van der Waals surface area contributed by atoms with Gasteiger partial charge in [0.05, 0.1) is 6.61 Å². The number of carbonyl (C=O) groups is 2. The summed E-state index contributed by atoms with van der Waals surface area (Å²) in [7, 11) is -4.75. The third-order valence-corrected chi connectivity index (χ3v) is 8.91. The lowest BCUT2D eigenvalue weighted by Gasteiger charge is -2.18. The zero-order valence-electron chi connectivity index (χ0n) is 31.3. The molecule has 8 nitrogen and oxygen atoms in total. The minimum absolute atomic E-state index is 0.194. The van der Waals surface area contributed by atoms with Crippen LogP contribution in [0.4, 0.5) is 0 Å². The Morgan fingerprint density at radius 2 is 0.980 bits per heavy atom. The molecule has 0 saturated carbocycles. The molecule has 0 aliphatic carbocycles. The number of rotatable bonds is 36. The highest BCUT2D eigenvalue weighted by atomic mass is 31.2. The summed E-state index contributed by atoms with van der Waals surface area (Å²) in [6.07, 6.45) is 41.5. The minimum Gasteiger partial charge on any atom is -0.462 e. The molecule has 0 spiro atoms. The van der Waals surface area contributed by atoms with Crippen LogP contribution >= 0.6 is 7.82 Å². The molecule has 0 aliphatic rings. The number of esters is 2. The van der Waals surface area contributed by atoms with E-state index < -0.39 is 32.5 Å². The largest absolute Gasteiger partial charge is 0.469 e. The average Bonchev–Trinajstić information content (AvgIpc) is 3.07. The molecule has 0 aliphatic heterocycles. The van der Waals surface area contributed by atoms with Crippen molar-refractivity contribution in [2.24, 2.45) is 0 Å². The quantitative estimate of drug-likeness (QED) is 0.0285. The second-order valence-corrected chi connectivity index (χ2v) is 14.5. The molecule has 0 aromatic rings. The molecule has 0 bridgehead atoms. The van der Waals surface area contributed by atoms with Crippen LogP contribution in [0.2, 0.25) is 0 Å². The molecule has 49 heavy (non-hydrogen) atoms. The molecule has 0 heterocycles. The third kappa shape index (κ3) is 38.9. The van der Waals surface area contributed by atoms with Gasteiger partial charge in [-0.2, -0.15) is 0 Å². The Labute approximate surface area is 300 Å². The first-order chi connectivity index (χ1) is 23.8. The summed E-state index contributed by atoms with van der Waals surface area (Å²) in [6, 6.07) is 0. The first-order valence-corrected chi connectivity index (χ1v) is 21.3. The Bertz CT molecular complexity index is 895. The van der Waals surface area contributed by atoms with Crippen molar-refractivity contribution in [3.05, 3.63) is 36.5 Å². The summed E-state index contributed by atoms with van der Waals surface area (Å²) in [5.41, 5.74) is 0. The summed E-state index contributed by atoms with van der Waals surface area (Å²) < 4.78 is 26.3. The van der Waals surface area contributed by atoms with E-state index in [0.29, 0.717) is 6.42 Å². The second-order valence-electron chi connectivity index (χ2n) is 13.2. The number of hydrogen-bond donors (Lipinski definition) is 2. The van der Waals surface area contributed by atoms with Gasteiger partial charge in [0.2, 0.25) is 0 Å². The summed E-state index contributed by atoms with van der Waals surface area (Å²) >= 11 is 0. The minimum atomic E-state index is -4.75. The van der Waals surface area contributed by atoms with Crippen molar-refractivity contribution in [2.45, 2.75) is 193 Å². The lowest BCUT2D eigenvalue weighted by Crippen LogP contribution is -2.29. The van der Waals surface area contributed by atoms with Crippen LogP contribution in [0.25, 0.3) is 0 Å². The standard InChI is InChI=1S/C40H73O8P/c1-3-5-7-9-11-13-15-17-19-21-22-24-26-28-30-32-34-39(41)46-36-38(37-47-49(43,44)45)48-40(42)35-33-31-29-27-25-23-20-18-16-14-12-10-8-6-4-2/h6,8,12,14,18,20,38H,3-5,7,9-11,13,15-17,19,21-37H2,1-2H3,(H2,43,44,45)/b8-6-,14-12-,20-18-/t38-/m1/s1. The van der Waals surface area contributed by atoms with Crippen molar-refractivity contribution in [1.82, 2.24) is 0 Å². The normalized spacial score (nSPS) is 12.8. The van der Waals surface area contributed by atoms with Crippen LogP contribution in [0, 0.1) is 0 Å². The zero-order valence-corrected chi connectivity index (χ0v) is 32.2. The zero-order chi connectivity index (χ0) is 36.1. The Balaban J connectivity index is 3.95. The van der Waals surface area contributed by atoms with Crippen LogP contribution in [0.1, 0.15) is 187 Å². The van der Waals surface area contributed by atoms with E-state index >= 15 is 0 Å². The van der Waals surface area contributed by atoms with Gasteiger partial charge >= 0.3 is 19.8 Å². The lowest BCUT2D eigenvalue weighted by atomic mass is 10.0. The van der Waals surface area contributed by atoms with Gasteiger partial charge in [-0.15, -0.1) is 0 Å². The van der Waals surface area contributed by atoms with E-state index in [2.05, 4.69) is 54.8 Å². The SMILES string of the molecule is CC/C=C\C/C=C\C/C=C\CCCCCCCC(=O)O[C@H](COC(=O)CCCCCCCCCCCCCCCCCC)COP(=O)(O)O. The van der Waals surface area contributed by atoms with Crippen LogP contribution < -0.4 is 0 Å². The van der Waals surface area contributed by atoms with Gasteiger partial charge in [-0.25, -0.2) is 4.57 Å².